The van der Waals surface area contributed by atoms with E-state index in [1.165, 1.54) is 18.4 Å². The Hall–Kier alpha value is -2.24. The fraction of sp³-hybridized carbons (Fsp3) is 0.529. The molecule has 0 unspecified atom stereocenters. The Kier molecular flexibility index (Phi) is 4.69. The lowest BCUT2D eigenvalue weighted by molar-refractivity contribution is 0.0769. The molecule has 0 spiro atoms. The number of hydrogen-bond acceptors (Lipinski definition) is 5. The Balaban J connectivity index is 1.69. The topological polar surface area (TPSA) is 72.1 Å². The molecule has 0 fully saturated rings. The third-order valence-corrected chi connectivity index (χ3v) is 4.12. The van der Waals surface area contributed by atoms with Crippen LogP contribution in [0.25, 0.3) is 0 Å². The molecule has 0 N–H and O–H groups in total. The van der Waals surface area contributed by atoms with Gasteiger partial charge in [-0.25, -0.2) is 0 Å². The summed E-state index contributed by atoms with van der Waals surface area (Å²) in [5.41, 5.74) is 2.97. The Labute approximate surface area is 135 Å². The van der Waals surface area contributed by atoms with E-state index >= 15 is 0 Å². The van der Waals surface area contributed by atoms with Gasteiger partial charge in [-0.1, -0.05) is 12.1 Å². The van der Waals surface area contributed by atoms with E-state index < -0.39 is 0 Å². The molecule has 2 heterocycles. The summed E-state index contributed by atoms with van der Waals surface area (Å²) < 4.78 is 5.19. The number of hydrogen-bond donors (Lipinski definition) is 0. The van der Waals surface area contributed by atoms with Crippen molar-refractivity contribution in [2.24, 2.45) is 0 Å². The number of fused-ring (bicyclic) bond motifs is 1. The lowest BCUT2D eigenvalue weighted by atomic mass is 9.95. The molecular weight excluding hydrogens is 292 g/mol. The van der Waals surface area contributed by atoms with Crippen LogP contribution in [0.5, 0.6) is 0 Å². The largest absolute Gasteiger partial charge is 0.337 e. The van der Waals surface area contributed by atoms with Crippen LogP contribution in [0, 0.1) is 0 Å². The smallest absolute Gasteiger partial charge is 0.255 e. The number of rotatable bonds is 5. The molecule has 0 aromatic carbocycles. The summed E-state index contributed by atoms with van der Waals surface area (Å²) in [6.45, 7) is 2.38. The molecule has 1 aliphatic rings. The molecule has 6 nitrogen and oxygen atoms in total. The zero-order chi connectivity index (χ0) is 16.2. The van der Waals surface area contributed by atoms with E-state index in [2.05, 4.69) is 22.0 Å². The Morgan fingerprint density at radius 2 is 2.17 bits per heavy atom. The van der Waals surface area contributed by atoms with Gasteiger partial charge in [0, 0.05) is 25.4 Å². The highest BCUT2D eigenvalue weighted by Gasteiger charge is 2.18. The van der Waals surface area contributed by atoms with Crippen LogP contribution in [-0.2, 0) is 25.8 Å². The lowest BCUT2D eigenvalue weighted by Gasteiger charge is -2.18. The number of pyridine rings is 1. The van der Waals surface area contributed by atoms with Crippen LogP contribution in [0.15, 0.2) is 16.8 Å². The van der Waals surface area contributed by atoms with Crippen molar-refractivity contribution in [2.75, 3.05) is 7.05 Å². The first-order valence-corrected chi connectivity index (χ1v) is 8.22. The van der Waals surface area contributed by atoms with Crippen molar-refractivity contribution in [1.29, 1.82) is 0 Å². The number of carbonyl (C=O) groups excluding carboxylic acids is 1. The number of aromatic nitrogens is 3. The molecule has 0 bridgehead atoms. The summed E-state index contributed by atoms with van der Waals surface area (Å²) in [5, 5.41) is 3.91. The quantitative estimate of drug-likeness (QED) is 0.848. The van der Waals surface area contributed by atoms with Crippen molar-refractivity contribution in [3.8, 4) is 0 Å². The van der Waals surface area contributed by atoms with Gasteiger partial charge in [0.05, 0.1) is 12.1 Å². The molecule has 122 valence electrons. The molecule has 0 radical (unpaired) electrons. The first kappa shape index (κ1) is 15.6. The SMILES string of the molecule is CCCc1noc(CN(C)C(=O)c2cnc3c(c2)CCCC3)n1. The summed E-state index contributed by atoms with van der Waals surface area (Å²) >= 11 is 0. The predicted octanol–water partition coefficient (Wildman–Crippen LogP) is 2.57. The summed E-state index contributed by atoms with van der Waals surface area (Å²) in [7, 11) is 1.74. The minimum Gasteiger partial charge on any atom is -0.337 e. The minimum absolute atomic E-state index is 0.0684. The van der Waals surface area contributed by atoms with Gasteiger partial charge in [0.1, 0.15) is 0 Å². The van der Waals surface area contributed by atoms with E-state index in [0.29, 0.717) is 23.8 Å². The number of carbonyl (C=O) groups is 1. The van der Waals surface area contributed by atoms with Crippen LogP contribution >= 0.6 is 0 Å². The second-order valence-corrected chi connectivity index (χ2v) is 6.05. The second-order valence-electron chi connectivity index (χ2n) is 6.05. The molecule has 2 aromatic rings. The zero-order valence-corrected chi connectivity index (χ0v) is 13.7. The zero-order valence-electron chi connectivity index (χ0n) is 13.7. The van der Waals surface area contributed by atoms with Crippen molar-refractivity contribution in [1.82, 2.24) is 20.0 Å². The van der Waals surface area contributed by atoms with Crippen LogP contribution in [-0.4, -0.2) is 33.0 Å². The minimum atomic E-state index is -0.0684. The van der Waals surface area contributed by atoms with E-state index in [0.717, 1.165) is 31.4 Å². The van der Waals surface area contributed by atoms with Crippen molar-refractivity contribution in [2.45, 2.75) is 52.0 Å². The first-order chi connectivity index (χ1) is 11.2. The maximum atomic E-state index is 12.6. The average Bonchev–Trinajstić information content (AvgIpc) is 3.01. The monoisotopic (exact) mass is 314 g/mol. The molecular formula is C17H22N4O2. The van der Waals surface area contributed by atoms with Crippen LogP contribution in [0.1, 0.15) is 59.5 Å². The Morgan fingerprint density at radius 3 is 3.00 bits per heavy atom. The van der Waals surface area contributed by atoms with E-state index in [9.17, 15) is 4.79 Å². The molecule has 2 aromatic heterocycles. The summed E-state index contributed by atoms with van der Waals surface area (Å²) in [4.78, 5) is 22.9. The van der Waals surface area contributed by atoms with Gasteiger partial charge in [0.2, 0.25) is 5.89 Å². The van der Waals surface area contributed by atoms with Gasteiger partial charge < -0.3 is 9.42 Å². The molecule has 3 rings (SSSR count). The van der Waals surface area contributed by atoms with Gasteiger partial charge in [-0.3, -0.25) is 9.78 Å². The average molecular weight is 314 g/mol. The standard InChI is InChI=1S/C17H22N4O2/c1-3-6-15-19-16(23-20-15)11-21(2)17(22)13-9-12-7-4-5-8-14(12)18-10-13/h9-10H,3-8,11H2,1-2H3. The van der Waals surface area contributed by atoms with E-state index in [1.807, 2.05) is 6.07 Å². The molecule has 1 amide bonds. The molecule has 1 aliphatic carbocycles. The van der Waals surface area contributed by atoms with E-state index in [4.69, 9.17) is 4.52 Å². The molecule has 23 heavy (non-hydrogen) atoms. The van der Waals surface area contributed by atoms with Gasteiger partial charge >= 0.3 is 0 Å². The van der Waals surface area contributed by atoms with Crippen molar-refractivity contribution >= 4 is 5.91 Å². The van der Waals surface area contributed by atoms with E-state index in [-0.39, 0.29) is 5.91 Å². The van der Waals surface area contributed by atoms with E-state index in [1.54, 1.807) is 18.1 Å². The van der Waals surface area contributed by atoms with Gasteiger partial charge in [0.25, 0.3) is 5.91 Å². The van der Waals surface area contributed by atoms with Gasteiger partial charge in [-0.15, -0.1) is 0 Å². The van der Waals surface area contributed by atoms with Crippen molar-refractivity contribution in [3.63, 3.8) is 0 Å². The van der Waals surface area contributed by atoms with Gasteiger partial charge in [-0.05, 0) is 43.7 Å². The third kappa shape index (κ3) is 3.57. The maximum Gasteiger partial charge on any atom is 0.255 e. The lowest BCUT2D eigenvalue weighted by Crippen LogP contribution is -2.27. The number of nitrogens with zero attached hydrogens (tertiary/aromatic N) is 4. The van der Waals surface area contributed by atoms with Gasteiger partial charge in [0.15, 0.2) is 5.82 Å². The highest BCUT2D eigenvalue weighted by Crippen LogP contribution is 2.20. The molecule has 6 heteroatoms. The molecule has 0 atom stereocenters. The van der Waals surface area contributed by atoms with Crippen LogP contribution in [0.4, 0.5) is 0 Å². The molecule has 0 saturated heterocycles. The highest BCUT2D eigenvalue weighted by atomic mass is 16.5. The van der Waals surface area contributed by atoms with Crippen LogP contribution in [0.3, 0.4) is 0 Å². The molecule has 0 saturated carbocycles. The Bertz CT molecular complexity index is 696. The summed E-state index contributed by atoms with van der Waals surface area (Å²) in [6.07, 6.45) is 7.82. The maximum absolute atomic E-state index is 12.6. The fourth-order valence-corrected chi connectivity index (χ4v) is 2.88. The second kappa shape index (κ2) is 6.89. The van der Waals surface area contributed by atoms with Crippen molar-refractivity contribution in [3.05, 3.63) is 40.8 Å². The number of amides is 1. The van der Waals surface area contributed by atoms with Crippen molar-refractivity contribution < 1.29 is 9.32 Å². The van der Waals surface area contributed by atoms with Gasteiger partial charge in [-0.2, -0.15) is 4.98 Å². The summed E-state index contributed by atoms with van der Waals surface area (Å²) in [6, 6.07) is 1.98. The van der Waals surface area contributed by atoms with Crippen LogP contribution < -0.4 is 0 Å². The third-order valence-electron chi connectivity index (χ3n) is 4.12. The normalized spacial score (nSPS) is 13.7. The highest BCUT2D eigenvalue weighted by molar-refractivity contribution is 5.93. The van der Waals surface area contributed by atoms with Crippen LogP contribution in [0.2, 0.25) is 0 Å². The number of aryl methyl sites for hydroxylation is 3. The Morgan fingerprint density at radius 1 is 1.35 bits per heavy atom. The summed E-state index contributed by atoms with van der Waals surface area (Å²) in [5.74, 6) is 1.09. The fourth-order valence-electron chi connectivity index (χ4n) is 2.88. The predicted molar refractivity (Wildman–Crippen MR) is 85.0 cm³/mol. The first-order valence-electron chi connectivity index (χ1n) is 8.22. The molecule has 0 aliphatic heterocycles.